The number of anilines is 1. The molecule has 5 aromatic rings. The van der Waals surface area contributed by atoms with E-state index in [2.05, 4.69) is 44.4 Å². The van der Waals surface area contributed by atoms with Crippen LogP contribution in [0.25, 0.3) is 39.1 Å². The van der Waals surface area contributed by atoms with Gasteiger partial charge in [-0.05, 0) is 82.2 Å². The van der Waals surface area contributed by atoms with E-state index in [1.807, 2.05) is 85.5 Å². The van der Waals surface area contributed by atoms with Crippen molar-refractivity contribution >= 4 is 45.7 Å². The number of aromatic amines is 1. The fourth-order valence-electron chi connectivity index (χ4n) is 6.52. The van der Waals surface area contributed by atoms with Crippen molar-refractivity contribution in [3.8, 4) is 28.5 Å². The van der Waals surface area contributed by atoms with E-state index in [1.165, 1.54) is 16.7 Å². The van der Waals surface area contributed by atoms with Crippen LogP contribution in [0.15, 0.2) is 73.2 Å². The van der Waals surface area contributed by atoms with Crippen LogP contribution in [0.1, 0.15) is 54.9 Å². The minimum Gasteiger partial charge on any atom is -0.475 e. The first-order valence-electron chi connectivity index (χ1n) is 18.6. The lowest BCUT2D eigenvalue weighted by atomic mass is 9.98. The number of carbonyl (C=O) groups is 2. The van der Waals surface area contributed by atoms with E-state index in [0.717, 1.165) is 33.2 Å². The number of hydrogen-bond acceptors (Lipinski definition) is 9. The highest BCUT2D eigenvalue weighted by Gasteiger charge is 2.44. The van der Waals surface area contributed by atoms with Crippen molar-refractivity contribution in [3.63, 3.8) is 0 Å². The van der Waals surface area contributed by atoms with Gasteiger partial charge in [-0.25, -0.2) is 14.6 Å². The third kappa shape index (κ3) is 7.47. The van der Waals surface area contributed by atoms with Gasteiger partial charge in [0.1, 0.15) is 16.8 Å². The Morgan fingerprint density at radius 2 is 1.83 bits per heavy atom. The molecule has 0 radical (unpaired) electrons. The van der Waals surface area contributed by atoms with Gasteiger partial charge in [0.05, 0.1) is 20.9 Å². The van der Waals surface area contributed by atoms with Gasteiger partial charge >= 0.3 is 0 Å². The van der Waals surface area contributed by atoms with Crippen LogP contribution in [0.5, 0.6) is 5.88 Å². The third-order valence-corrected chi connectivity index (χ3v) is 10.8. The van der Waals surface area contributed by atoms with Crippen molar-refractivity contribution in [2.45, 2.75) is 57.4 Å². The molecule has 0 spiro atoms. The summed E-state index contributed by atoms with van der Waals surface area (Å²) in [4.78, 5) is 39.6. The summed E-state index contributed by atoms with van der Waals surface area (Å²) in [5.74, 6) is 0.385. The second kappa shape index (κ2) is 14.9. The topological polar surface area (TPSA) is 134 Å². The lowest BCUT2D eigenvalue weighted by molar-refractivity contribution is -0.132. The zero-order valence-electron chi connectivity index (χ0n) is 32.1. The van der Waals surface area contributed by atoms with E-state index in [-0.39, 0.29) is 31.1 Å². The Kier molecular flexibility index (Phi) is 9.43. The first-order chi connectivity index (χ1) is 25.9. The van der Waals surface area contributed by atoms with Crippen molar-refractivity contribution in [3.05, 3.63) is 78.8 Å². The van der Waals surface area contributed by atoms with Crippen LogP contribution in [0.3, 0.4) is 0 Å². The van der Waals surface area contributed by atoms with Crippen LogP contribution in [0, 0.1) is 0 Å². The van der Waals surface area contributed by atoms with Crippen LogP contribution < -0.4 is 10.1 Å². The van der Waals surface area contributed by atoms with E-state index in [9.17, 15) is 9.59 Å². The Morgan fingerprint density at radius 1 is 1.04 bits per heavy atom. The van der Waals surface area contributed by atoms with E-state index in [0.29, 0.717) is 49.0 Å². The van der Waals surface area contributed by atoms with Gasteiger partial charge in [0.25, 0.3) is 0 Å². The van der Waals surface area contributed by atoms with Crippen LogP contribution in [0.4, 0.5) is 5.69 Å². The van der Waals surface area contributed by atoms with E-state index < -0.39 is 17.2 Å². The molecular weight excluding hydrogens is 675 g/mol. The minimum absolute atomic E-state index is 0.0128. The molecule has 270 valence electrons. The van der Waals surface area contributed by atoms with Gasteiger partial charge in [-0.3, -0.25) is 19.6 Å². The average Bonchev–Trinajstić information content (AvgIpc) is 3.95. The molecule has 7 rings (SSSR count). The predicted molar refractivity (Wildman–Crippen MR) is 206 cm³/mol. The maximum Gasteiger partial charge on any atom is 0.241 e. The molecule has 1 fully saturated rings. The Morgan fingerprint density at radius 3 is 2.50 bits per heavy atom. The molecule has 5 heterocycles. The number of ether oxygens (including phenoxy) is 1. The molecule has 2 amide bonds. The molecule has 1 saturated heterocycles. The summed E-state index contributed by atoms with van der Waals surface area (Å²) in [5.41, 5.74) is 6.00. The number of amides is 2. The van der Waals surface area contributed by atoms with E-state index >= 15 is 0 Å². The molecule has 0 bridgehead atoms. The summed E-state index contributed by atoms with van der Waals surface area (Å²) in [6.45, 7) is 6.81. The molecule has 2 aliphatic heterocycles. The lowest BCUT2D eigenvalue weighted by Crippen LogP contribution is -2.45. The molecule has 12 nitrogen and oxygen atoms in total. The largest absolute Gasteiger partial charge is 0.475 e. The van der Waals surface area contributed by atoms with E-state index in [1.54, 1.807) is 17.4 Å². The Labute approximate surface area is 310 Å². The van der Waals surface area contributed by atoms with Crippen molar-refractivity contribution in [2.75, 3.05) is 44.2 Å². The second-order valence-corrected chi connectivity index (χ2v) is 15.0. The smallest absolute Gasteiger partial charge is 0.241 e. The SMILES string of the molecule is [2H]C([2H])(C(=O)N1CC=C(c2ccc(-c3ncn(C(C)C)n3)cc2)CC1)N1CCC(SC)(C(=O)Nc2ccc3[nH]nc(-c4ccc(OC(C)C)nc4)c3c2)C1. The summed E-state index contributed by atoms with van der Waals surface area (Å²) in [6, 6.07) is 17.6. The van der Waals surface area contributed by atoms with Gasteiger partial charge < -0.3 is 15.0 Å². The first-order valence-corrected chi connectivity index (χ1v) is 18.8. The summed E-state index contributed by atoms with van der Waals surface area (Å²) in [7, 11) is 0. The van der Waals surface area contributed by atoms with E-state index in [4.69, 9.17) is 7.48 Å². The molecule has 2 aliphatic rings. The highest BCUT2D eigenvalue weighted by Crippen LogP contribution is 2.36. The van der Waals surface area contributed by atoms with Crippen LogP contribution in [0.2, 0.25) is 0 Å². The zero-order valence-corrected chi connectivity index (χ0v) is 30.9. The molecule has 1 unspecified atom stereocenters. The van der Waals surface area contributed by atoms with Crippen molar-refractivity contribution in [1.82, 2.24) is 39.7 Å². The summed E-state index contributed by atoms with van der Waals surface area (Å²) < 4.78 is 24.5. The molecular formula is C39H45N9O3S. The van der Waals surface area contributed by atoms with Gasteiger partial charge in [0.15, 0.2) is 5.82 Å². The summed E-state index contributed by atoms with van der Waals surface area (Å²) >= 11 is 1.38. The Balaban J connectivity index is 0.989. The lowest BCUT2D eigenvalue weighted by Gasteiger charge is -2.29. The standard InChI is InChI=1S/C39H45N9O3S/c1-25(2)48-24-41-37(45-48)29-8-6-27(7-9-29)28-14-17-47(18-15-28)35(49)22-46-19-16-39(23-46,52-5)38(50)42-31-11-12-33-32(20-31)36(44-43-33)30-10-13-34(40-21-30)51-26(3)4/h6-14,20-21,24-26H,15-19,22-23H2,1-5H3,(H,42,50)(H,43,44)/i22D2. The summed E-state index contributed by atoms with van der Waals surface area (Å²) in [5, 5.41) is 16.0. The van der Waals surface area contributed by atoms with Gasteiger partial charge in [-0.1, -0.05) is 30.3 Å². The second-order valence-electron chi connectivity index (χ2n) is 13.8. The molecule has 0 saturated carbocycles. The minimum atomic E-state index is -2.27. The number of H-pyrrole nitrogens is 1. The zero-order chi connectivity index (χ0) is 38.2. The number of rotatable bonds is 11. The van der Waals surface area contributed by atoms with Gasteiger partial charge in [0, 0.05) is 66.7 Å². The fraction of sp³-hybridized carbons (Fsp3) is 0.385. The third-order valence-electron chi connectivity index (χ3n) is 9.52. The number of nitrogens with zero attached hydrogens (tertiary/aromatic N) is 7. The normalized spacial score (nSPS) is 18.8. The number of hydrogen-bond donors (Lipinski definition) is 2. The molecule has 13 heteroatoms. The number of fused-ring (bicyclic) bond motifs is 1. The van der Waals surface area contributed by atoms with Gasteiger partial charge in [-0.2, -0.15) is 10.2 Å². The molecule has 2 aromatic carbocycles. The van der Waals surface area contributed by atoms with Crippen LogP contribution in [-0.4, -0.2) is 101 Å². The monoisotopic (exact) mass is 721 g/mol. The number of likely N-dealkylation sites (tertiary alicyclic amines) is 1. The van der Waals surface area contributed by atoms with Crippen molar-refractivity contribution < 1.29 is 17.1 Å². The summed E-state index contributed by atoms with van der Waals surface area (Å²) in [6.07, 6.45) is 8.32. The molecule has 3 aromatic heterocycles. The number of thioether (sulfide) groups is 1. The van der Waals surface area contributed by atoms with Crippen molar-refractivity contribution in [2.24, 2.45) is 0 Å². The highest BCUT2D eigenvalue weighted by molar-refractivity contribution is 8.00. The average molecular weight is 722 g/mol. The number of nitrogens with one attached hydrogen (secondary N) is 2. The van der Waals surface area contributed by atoms with Gasteiger partial charge in [0.2, 0.25) is 17.7 Å². The highest BCUT2D eigenvalue weighted by atomic mass is 32.2. The number of carbonyl (C=O) groups excluding carboxylic acids is 2. The van der Waals surface area contributed by atoms with Crippen molar-refractivity contribution in [1.29, 1.82) is 0 Å². The number of aromatic nitrogens is 6. The quantitative estimate of drug-likeness (QED) is 0.161. The Hall–Kier alpha value is -5.01. The Bertz CT molecular complexity index is 2180. The molecule has 52 heavy (non-hydrogen) atoms. The molecule has 0 aliphatic carbocycles. The maximum atomic E-state index is 13.9. The van der Waals surface area contributed by atoms with Gasteiger partial charge in [-0.15, -0.1) is 11.8 Å². The predicted octanol–water partition coefficient (Wildman–Crippen LogP) is 6.31. The maximum absolute atomic E-state index is 13.9. The number of pyridine rings is 1. The number of benzene rings is 2. The molecule has 2 N–H and O–H groups in total. The molecule has 1 atom stereocenters. The fourth-order valence-corrected chi connectivity index (χ4v) is 7.34. The van der Waals surface area contributed by atoms with Crippen LogP contribution in [-0.2, 0) is 9.59 Å². The van der Waals surface area contributed by atoms with Crippen LogP contribution >= 0.6 is 11.8 Å². The first kappa shape index (κ1) is 32.9.